The average Bonchev–Trinajstić information content (AvgIpc) is 2.61. The van der Waals surface area contributed by atoms with E-state index in [9.17, 15) is 4.79 Å². The van der Waals surface area contributed by atoms with Crippen LogP contribution in [-0.2, 0) is 5.41 Å². The standard InChI is InChI=1S/C21H29N5O/c1-15-10-11-22-24-19(15)25-12-13-26(16(2)14-25)20(27)23-18-8-6-17(7-9-18)21(3,4)5/h6-11,16H,12-14H2,1-5H3,(H,23,27)/t16-/m1/s1. The lowest BCUT2D eigenvalue weighted by Crippen LogP contribution is -2.55. The summed E-state index contributed by atoms with van der Waals surface area (Å²) in [6, 6.07) is 10.1. The largest absolute Gasteiger partial charge is 0.351 e. The number of hydrogen-bond donors (Lipinski definition) is 1. The maximum Gasteiger partial charge on any atom is 0.322 e. The molecule has 1 N–H and O–H groups in total. The van der Waals surface area contributed by atoms with Crippen LogP contribution < -0.4 is 10.2 Å². The molecule has 1 atom stereocenters. The molecule has 0 bridgehead atoms. The summed E-state index contributed by atoms with van der Waals surface area (Å²) in [6.45, 7) is 12.8. The molecule has 6 heteroatoms. The molecular formula is C21H29N5O. The Morgan fingerprint density at radius 3 is 2.44 bits per heavy atom. The van der Waals surface area contributed by atoms with Gasteiger partial charge in [-0.25, -0.2) is 4.79 Å². The highest BCUT2D eigenvalue weighted by Gasteiger charge is 2.29. The van der Waals surface area contributed by atoms with Crippen LogP contribution in [0.5, 0.6) is 0 Å². The Bertz CT molecular complexity index is 797. The predicted octanol–water partition coefficient (Wildman–Crippen LogP) is 3.83. The van der Waals surface area contributed by atoms with Crippen LogP contribution in [0.4, 0.5) is 16.3 Å². The van der Waals surface area contributed by atoms with E-state index in [1.165, 1.54) is 5.56 Å². The summed E-state index contributed by atoms with van der Waals surface area (Å²) in [5.41, 5.74) is 3.29. The number of aromatic nitrogens is 2. The summed E-state index contributed by atoms with van der Waals surface area (Å²) in [5.74, 6) is 0.905. The molecule has 6 nitrogen and oxygen atoms in total. The molecule has 0 spiro atoms. The van der Waals surface area contributed by atoms with Gasteiger partial charge >= 0.3 is 6.03 Å². The van der Waals surface area contributed by atoms with E-state index in [-0.39, 0.29) is 17.5 Å². The molecule has 0 saturated carbocycles. The van der Waals surface area contributed by atoms with Crippen LogP contribution in [0.15, 0.2) is 36.5 Å². The van der Waals surface area contributed by atoms with Crippen molar-refractivity contribution in [2.45, 2.75) is 46.1 Å². The highest BCUT2D eigenvalue weighted by molar-refractivity contribution is 5.89. The molecule has 1 aliphatic heterocycles. The third-order valence-electron chi connectivity index (χ3n) is 5.09. The van der Waals surface area contributed by atoms with Gasteiger partial charge in [0.1, 0.15) is 0 Å². The number of nitrogens with one attached hydrogen (secondary N) is 1. The number of piperazine rings is 1. The minimum absolute atomic E-state index is 0.0541. The summed E-state index contributed by atoms with van der Waals surface area (Å²) in [5, 5.41) is 11.3. The van der Waals surface area contributed by atoms with Crippen LogP contribution in [0.1, 0.15) is 38.8 Å². The van der Waals surface area contributed by atoms with Crippen molar-refractivity contribution >= 4 is 17.5 Å². The number of aryl methyl sites for hydroxylation is 1. The Labute approximate surface area is 161 Å². The number of carbonyl (C=O) groups is 1. The van der Waals surface area contributed by atoms with Crippen molar-refractivity contribution in [2.24, 2.45) is 0 Å². The highest BCUT2D eigenvalue weighted by Crippen LogP contribution is 2.24. The minimum atomic E-state index is -0.0541. The fourth-order valence-corrected chi connectivity index (χ4v) is 3.40. The highest BCUT2D eigenvalue weighted by atomic mass is 16.2. The van der Waals surface area contributed by atoms with Crippen LogP contribution in [0.25, 0.3) is 0 Å². The summed E-state index contributed by atoms with van der Waals surface area (Å²) in [4.78, 5) is 16.8. The number of carbonyl (C=O) groups excluding carboxylic acids is 1. The van der Waals surface area contributed by atoms with Crippen molar-refractivity contribution in [1.82, 2.24) is 15.1 Å². The van der Waals surface area contributed by atoms with E-state index in [2.05, 4.69) is 60.2 Å². The second-order valence-corrected chi connectivity index (χ2v) is 8.28. The van der Waals surface area contributed by atoms with Crippen LogP contribution in [0.2, 0.25) is 0 Å². The first kappa shape index (κ1) is 19.1. The molecule has 1 aliphatic rings. The van der Waals surface area contributed by atoms with Gasteiger partial charge in [0.05, 0.1) is 6.20 Å². The van der Waals surface area contributed by atoms with Gasteiger partial charge in [-0.15, -0.1) is 5.10 Å². The topological polar surface area (TPSA) is 61.4 Å². The van der Waals surface area contributed by atoms with E-state index in [1.54, 1.807) is 6.20 Å². The second kappa shape index (κ2) is 7.55. The van der Waals surface area contributed by atoms with E-state index in [1.807, 2.05) is 30.0 Å². The van der Waals surface area contributed by atoms with Gasteiger partial charge in [0, 0.05) is 31.4 Å². The molecule has 27 heavy (non-hydrogen) atoms. The van der Waals surface area contributed by atoms with Crippen molar-refractivity contribution in [3.63, 3.8) is 0 Å². The fraction of sp³-hybridized carbons (Fsp3) is 0.476. The number of benzene rings is 1. The first-order valence-electron chi connectivity index (χ1n) is 9.47. The summed E-state index contributed by atoms with van der Waals surface area (Å²) in [7, 11) is 0. The molecule has 0 unspecified atom stereocenters. The Morgan fingerprint density at radius 1 is 1.15 bits per heavy atom. The molecule has 2 aromatic rings. The molecular weight excluding hydrogens is 338 g/mol. The number of urea groups is 1. The first-order valence-corrected chi connectivity index (χ1v) is 9.47. The molecule has 3 rings (SSSR count). The number of anilines is 2. The average molecular weight is 367 g/mol. The van der Waals surface area contributed by atoms with Crippen LogP contribution >= 0.6 is 0 Å². The number of rotatable bonds is 2. The zero-order chi connectivity index (χ0) is 19.6. The Hall–Kier alpha value is -2.63. The van der Waals surface area contributed by atoms with Crippen LogP contribution in [0, 0.1) is 6.92 Å². The zero-order valence-corrected chi connectivity index (χ0v) is 16.9. The van der Waals surface area contributed by atoms with E-state index < -0.39 is 0 Å². The Morgan fingerprint density at radius 2 is 1.85 bits per heavy atom. The Kier molecular flexibility index (Phi) is 5.35. The molecule has 1 aromatic heterocycles. The van der Waals surface area contributed by atoms with Gasteiger partial charge < -0.3 is 15.1 Å². The van der Waals surface area contributed by atoms with Crippen LogP contribution in [-0.4, -0.2) is 46.8 Å². The minimum Gasteiger partial charge on any atom is -0.351 e. The third kappa shape index (κ3) is 4.38. The third-order valence-corrected chi connectivity index (χ3v) is 5.09. The van der Waals surface area contributed by atoms with Gasteiger partial charge in [0.2, 0.25) is 0 Å². The molecule has 0 radical (unpaired) electrons. The van der Waals surface area contributed by atoms with Gasteiger partial charge in [-0.1, -0.05) is 32.9 Å². The van der Waals surface area contributed by atoms with Gasteiger partial charge in [0.25, 0.3) is 0 Å². The van der Waals surface area contributed by atoms with Gasteiger partial charge in [-0.3, -0.25) is 0 Å². The first-order chi connectivity index (χ1) is 12.8. The maximum atomic E-state index is 12.7. The summed E-state index contributed by atoms with van der Waals surface area (Å²) >= 11 is 0. The molecule has 1 aromatic carbocycles. The van der Waals surface area contributed by atoms with Gasteiger partial charge in [-0.2, -0.15) is 5.10 Å². The lowest BCUT2D eigenvalue weighted by atomic mass is 9.87. The molecule has 2 amide bonds. The molecule has 0 aliphatic carbocycles. The zero-order valence-electron chi connectivity index (χ0n) is 16.9. The van der Waals surface area contributed by atoms with Crippen molar-refractivity contribution in [3.05, 3.63) is 47.7 Å². The lowest BCUT2D eigenvalue weighted by molar-refractivity contribution is 0.184. The summed E-state index contributed by atoms with van der Waals surface area (Å²) in [6.07, 6.45) is 1.71. The van der Waals surface area contributed by atoms with Crippen molar-refractivity contribution < 1.29 is 4.79 Å². The number of nitrogens with zero attached hydrogens (tertiary/aromatic N) is 4. The van der Waals surface area contributed by atoms with Crippen molar-refractivity contribution in [1.29, 1.82) is 0 Å². The summed E-state index contributed by atoms with van der Waals surface area (Å²) < 4.78 is 0. The molecule has 144 valence electrons. The van der Waals surface area contributed by atoms with E-state index >= 15 is 0 Å². The SMILES string of the molecule is Cc1ccnnc1N1CCN(C(=O)Nc2ccc(C(C)(C)C)cc2)[C@H](C)C1. The smallest absolute Gasteiger partial charge is 0.322 e. The molecule has 1 fully saturated rings. The van der Waals surface area contributed by atoms with Gasteiger partial charge in [-0.05, 0) is 48.6 Å². The van der Waals surface area contributed by atoms with Crippen molar-refractivity contribution in [2.75, 3.05) is 29.9 Å². The maximum absolute atomic E-state index is 12.7. The van der Waals surface area contributed by atoms with E-state index in [4.69, 9.17) is 0 Å². The number of hydrogen-bond acceptors (Lipinski definition) is 4. The Balaban J connectivity index is 1.62. The second-order valence-electron chi connectivity index (χ2n) is 8.28. The monoisotopic (exact) mass is 367 g/mol. The quantitative estimate of drug-likeness (QED) is 0.876. The van der Waals surface area contributed by atoms with Gasteiger partial charge in [0.15, 0.2) is 5.82 Å². The lowest BCUT2D eigenvalue weighted by Gasteiger charge is -2.40. The number of amides is 2. The van der Waals surface area contributed by atoms with E-state index in [0.717, 1.165) is 30.2 Å². The molecule has 1 saturated heterocycles. The predicted molar refractivity (Wildman–Crippen MR) is 109 cm³/mol. The fourth-order valence-electron chi connectivity index (χ4n) is 3.40. The van der Waals surface area contributed by atoms with Crippen LogP contribution in [0.3, 0.4) is 0 Å². The normalized spacial score (nSPS) is 17.7. The van der Waals surface area contributed by atoms with E-state index in [0.29, 0.717) is 6.54 Å². The molecule has 2 heterocycles. The van der Waals surface area contributed by atoms with Crippen molar-refractivity contribution in [3.8, 4) is 0 Å².